The van der Waals surface area contributed by atoms with Crippen molar-refractivity contribution in [3.63, 3.8) is 0 Å². The van der Waals surface area contributed by atoms with Crippen LogP contribution in [-0.4, -0.2) is 14.5 Å². The van der Waals surface area contributed by atoms with Crippen molar-refractivity contribution in [2.75, 3.05) is 4.90 Å². The molecule has 0 radical (unpaired) electrons. The van der Waals surface area contributed by atoms with Crippen LogP contribution in [0.3, 0.4) is 0 Å². The number of anilines is 3. The van der Waals surface area contributed by atoms with Gasteiger partial charge in [-0.3, -0.25) is 0 Å². The first-order valence-corrected chi connectivity index (χ1v) is 21.0. The van der Waals surface area contributed by atoms with Crippen molar-refractivity contribution in [1.29, 1.82) is 0 Å². The predicted molar refractivity (Wildman–Crippen MR) is 252 cm³/mol. The maximum absolute atomic E-state index is 5.21. The van der Waals surface area contributed by atoms with E-state index in [9.17, 15) is 0 Å². The highest BCUT2D eigenvalue weighted by molar-refractivity contribution is 6.13. The van der Waals surface area contributed by atoms with Gasteiger partial charge in [0.1, 0.15) is 0 Å². The summed E-state index contributed by atoms with van der Waals surface area (Å²) in [4.78, 5) is 12.8. The van der Waals surface area contributed by atoms with Gasteiger partial charge in [0.15, 0.2) is 5.82 Å². The van der Waals surface area contributed by atoms with Crippen molar-refractivity contribution in [1.82, 2.24) is 14.5 Å². The molecule has 0 bridgehead atoms. The summed E-state index contributed by atoms with van der Waals surface area (Å²) in [6.45, 7) is 4.72. The predicted octanol–water partition coefficient (Wildman–Crippen LogP) is 14.8. The second kappa shape index (κ2) is 13.6. The first kappa shape index (κ1) is 35.2. The van der Waals surface area contributed by atoms with Crippen LogP contribution in [0.15, 0.2) is 206 Å². The Bertz CT molecular complexity index is 3280. The van der Waals surface area contributed by atoms with E-state index >= 15 is 0 Å². The van der Waals surface area contributed by atoms with E-state index in [0.29, 0.717) is 5.82 Å². The molecule has 288 valence electrons. The maximum Gasteiger partial charge on any atom is 0.160 e. The Balaban J connectivity index is 1.07. The van der Waals surface area contributed by atoms with E-state index < -0.39 is 0 Å². The van der Waals surface area contributed by atoms with Crippen LogP contribution >= 0.6 is 0 Å². The van der Waals surface area contributed by atoms with Crippen molar-refractivity contribution >= 4 is 28.0 Å². The van der Waals surface area contributed by atoms with E-state index in [2.05, 4.69) is 217 Å². The summed E-state index contributed by atoms with van der Waals surface area (Å²) in [7, 11) is 0. The average Bonchev–Trinajstić information content (AvgIpc) is 3.73. The Kier molecular flexibility index (Phi) is 7.85. The van der Waals surface area contributed by atoms with Gasteiger partial charge in [0.2, 0.25) is 0 Å². The monoisotopic (exact) mass is 780 g/mol. The Hall–Kier alpha value is -7.82. The largest absolute Gasteiger partial charge is 0.309 e. The Labute approximate surface area is 355 Å². The maximum atomic E-state index is 5.21. The minimum Gasteiger partial charge on any atom is -0.309 e. The molecule has 0 fully saturated rings. The van der Waals surface area contributed by atoms with E-state index in [4.69, 9.17) is 9.97 Å². The number of fused-ring (bicyclic) bond motifs is 10. The number of para-hydroxylation sites is 3. The minimum atomic E-state index is -0.125. The molecule has 2 aromatic heterocycles. The summed E-state index contributed by atoms with van der Waals surface area (Å²) >= 11 is 0. The van der Waals surface area contributed by atoms with Crippen LogP contribution < -0.4 is 4.90 Å². The van der Waals surface area contributed by atoms with Gasteiger partial charge in [-0.25, -0.2) is 9.97 Å². The standard InChI is InChI=1S/C57H40N4/c1-57(2)47-28-13-9-24-42(47)43-33-32-41(35-48(43)57)61-52-30-15-11-26-45(52)54-44-25-10-14-29-51(44)60(53-31-16-12-27-46(53)55(54)61)40-23-17-22-39(34-40)56-58-49(37-18-5-3-6-19-37)36-50(59-56)38-20-7-4-8-21-38/h3-36H,1-2H3. The Morgan fingerprint density at radius 2 is 0.984 bits per heavy atom. The third-order valence-corrected chi connectivity index (χ3v) is 12.7. The molecular weight excluding hydrogens is 741 g/mol. The smallest absolute Gasteiger partial charge is 0.160 e. The quantitative estimate of drug-likeness (QED) is 0.174. The Morgan fingerprint density at radius 3 is 1.72 bits per heavy atom. The molecule has 12 rings (SSSR count). The van der Waals surface area contributed by atoms with Gasteiger partial charge in [-0.05, 0) is 70.8 Å². The van der Waals surface area contributed by atoms with Crippen molar-refractivity contribution in [3.05, 3.63) is 217 Å². The summed E-state index contributed by atoms with van der Waals surface area (Å²) < 4.78 is 2.51. The summed E-state index contributed by atoms with van der Waals surface area (Å²) in [6, 6.07) is 74.2. The average molecular weight is 781 g/mol. The van der Waals surface area contributed by atoms with Gasteiger partial charge in [0, 0.05) is 55.6 Å². The summed E-state index contributed by atoms with van der Waals surface area (Å²) in [5.41, 5.74) is 20.4. The van der Waals surface area contributed by atoms with Crippen molar-refractivity contribution < 1.29 is 0 Å². The summed E-state index contributed by atoms with van der Waals surface area (Å²) in [6.07, 6.45) is 0. The fourth-order valence-electron chi connectivity index (χ4n) is 9.90. The molecule has 10 aromatic rings. The first-order chi connectivity index (χ1) is 30.0. The second-order valence-electron chi connectivity index (χ2n) is 16.6. The van der Waals surface area contributed by atoms with Crippen LogP contribution in [-0.2, 0) is 5.41 Å². The molecular formula is C57H40N4. The summed E-state index contributed by atoms with van der Waals surface area (Å²) in [5, 5.41) is 1.22. The third-order valence-electron chi connectivity index (χ3n) is 12.7. The number of aromatic nitrogens is 3. The van der Waals surface area contributed by atoms with Gasteiger partial charge >= 0.3 is 0 Å². The first-order valence-electron chi connectivity index (χ1n) is 21.0. The zero-order valence-electron chi connectivity index (χ0n) is 33.9. The highest BCUT2D eigenvalue weighted by Gasteiger charge is 2.36. The van der Waals surface area contributed by atoms with Gasteiger partial charge in [-0.1, -0.05) is 172 Å². The van der Waals surface area contributed by atoms with E-state index in [1.807, 2.05) is 12.1 Å². The number of hydrogen-bond acceptors (Lipinski definition) is 3. The van der Waals surface area contributed by atoms with Crippen LogP contribution in [0.4, 0.5) is 17.1 Å². The fraction of sp³-hybridized carbons (Fsp3) is 0.0526. The van der Waals surface area contributed by atoms with E-state index in [1.165, 1.54) is 50.0 Å². The van der Waals surface area contributed by atoms with Crippen LogP contribution in [0, 0.1) is 0 Å². The molecule has 0 amide bonds. The van der Waals surface area contributed by atoms with Gasteiger partial charge in [-0.15, -0.1) is 0 Å². The molecule has 2 aliphatic rings. The fourth-order valence-corrected chi connectivity index (χ4v) is 9.90. The highest BCUT2D eigenvalue weighted by atomic mass is 15.2. The molecule has 0 atom stereocenters. The summed E-state index contributed by atoms with van der Waals surface area (Å²) in [5.74, 6) is 0.681. The topological polar surface area (TPSA) is 34.0 Å². The molecule has 3 heterocycles. The molecule has 0 unspecified atom stereocenters. The number of rotatable bonds is 5. The molecule has 61 heavy (non-hydrogen) atoms. The van der Waals surface area contributed by atoms with E-state index in [0.717, 1.165) is 56.4 Å². The highest BCUT2D eigenvalue weighted by Crippen LogP contribution is 2.55. The van der Waals surface area contributed by atoms with E-state index in [1.54, 1.807) is 0 Å². The van der Waals surface area contributed by atoms with Crippen LogP contribution in [0.5, 0.6) is 0 Å². The van der Waals surface area contributed by atoms with Gasteiger partial charge in [0.25, 0.3) is 0 Å². The zero-order chi connectivity index (χ0) is 40.7. The third kappa shape index (κ3) is 5.46. The molecule has 1 aliphatic heterocycles. The normalized spacial score (nSPS) is 13.2. The second-order valence-corrected chi connectivity index (χ2v) is 16.6. The van der Waals surface area contributed by atoms with Crippen molar-refractivity contribution in [2.24, 2.45) is 0 Å². The molecule has 0 spiro atoms. The molecule has 0 N–H and O–H groups in total. The SMILES string of the molecule is CC1(C)c2ccccc2-c2ccc(-n3c4c(c5ccccc53)-c3ccccc3N(c3cccc(-c5nc(-c6ccccc6)cc(-c6ccccc6)n5)c3)c3ccccc3-4)cc21. The molecule has 8 aromatic carbocycles. The van der Waals surface area contributed by atoms with Crippen molar-refractivity contribution in [2.45, 2.75) is 19.3 Å². The molecule has 1 aliphatic carbocycles. The van der Waals surface area contributed by atoms with Crippen molar-refractivity contribution in [3.8, 4) is 73.1 Å². The lowest BCUT2D eigenvalue weighted by Gasteiger charge is -2.28. The molecule has 0 saturated heterocycles. The zero-order valence-corrected chi connectivity index (χ0v) is 33.9. The van der Waals surface area contributed by atoms with Gasteiger partial charge in [-0.2, -0.15) is 0 Å². The molecule has 0 saturated carbocycles. The molecule has 4 heteroatoms. The number of nitrogens with zero attached hydrogens (tertiary/aromatic N) is 4. The van der Waals surface area contributed by atoms with E-state index in [-0.39, 0.29) is 5.41 Å². The van der Waals surface area contributed by atoms with Crippen LogP contribution in [0.25, 0.3) is 84.0 Å². The van der Waals surface area contributed by atoms with Gasteiger partial charge in [0.05, 0.1) is 34.0 Å². The number of benzene rings is 8. The lowest BCUT2D eigenvalue weighted by Crippen LogP contribution is -2.15. The van der Waals surface area contributed by atoms with Gasteiger partial charge < -0.3 is 9.47 Å². The molecule has 4 nitrogen and oxygen atoms in total. The lowest BCUT2D eigenvalue weighted by atomic mass is 9.82. The lowest BCUT2D eigenvalue weighted by molar-refractivity contribution is 0.660. The van der Waals surface area contributed by atoms with Crippen LogP contribution in [0.2, 0.25) is 0 Å². The Morgan fingerprint density at radius 1 is 0.410 bits per heavy atom. The van der Waals surface area contributed by atoms with Crippen LogP contribution in [0.1, 0.15) is 25.0 Å². The number of hydrogen-bond donors (Lipinski definition) is 0. The minimum absolute atomic E-state index is 0.125.